The summed E-state index contributed by atoms with van der Waals surface area (Å²) in [6.45, 7) is 4.82. The number of rotatable bonds is 12. The molecule has 2 aromatic rings. The fraction of sp³-hybridized carbons (Fsp3) is 0.417. The first kappa shape index (κ1) is 27.6. The van der Waals surface area contributed by atoms with E-state index in [-0.39, 0.29) is 21.8 Å². The standard InChI is InChI=1S/C24H29ClN2O5S3/c1-4-6-7-8-9-14-32-19-15-17(10-11-18(19)31-3)16-20-23(28)27(5-2)24(33-20)26-35(29,30)22-13-12-21(25)34-22/h10-13,15-16H,4-9,14H2,1-3H3. The van der Waals surface area contributed by atoms with E-state index in [9.17, 15) is 13.2 Å². The highest BCUT2D eigenvalue weighted by molar-refractivity contribution is 8.19. The molecule has 3 rings (SSSR count). The normalized spacial score (nSPS) is 16.5. The molecule has 35 heavy (non-hydrogen) atoms. The lowest BCUT2D eigenvalue weighted by Crippen LogP contribution is -2.29. The summed E-state index contributed by atoms with van der Waals surface area (Å²) in [5, 5.41) is 0.116. The molecule has 190 valence electrons. The molecule has 0 aliphatic carbocycles. The van der Waals surface area contributed by atoms with E-state index in [1.165, 1.54) is 36.3 Å². The third-order valence-electron chi connectivity index (χ3n) is 5.20. The van der Waals surface area contributed by atoms with Crippen molar-refractivity contribution < 1.29 is 22.7 Å². The fourth-order valence-corrected chi connectivity index (χ4v) is 7.08. The number of sulfonamides is 1. The molecule has 0 bridgehead atoms. The van der Waals surface area contributed by atoms with Crippen molar-refractivity contribution in [3.8, 4) is 11.5 Å². The summed E-state index contributed by atoms with van der Waals surface area (Å²) < 4.78 is 41.1. The molecule has 1 saturated heterocycles. The maximum absolute atomic E-state index is 13.0. The largest absolute Gasteiger partial charge is 0.493 e. The SMILES string of the molecule is CCCCCCCOc1cc(C=C2SC(=NS(=O)(=O)c3ccc(Cl)s3)N(CC)C2=O)ccc1OC. The van der Waals surface area contributed by atoms with Crippen molar-refractivity contribution in [2.24, 2.45) is 4.40 Å². The second kappa shape index (κ2) is 12.8. The van der Waals surface area contributed by atoms with Gasteiger partial charge in [0.15, 0.2) is 16.7 Å². The van der Waals surface area contributed by atoms with Gasteiger partial charge in [-0.25, -0.2) is 0 Å². The molecular weight excluding hydrogens is 528 g/mol. The molecule has 2 heterocycles. The highest BCUT2D eigenvalue weighted by Crippen LogP contribution is 2.36. The fourth-order valence-electron chi connectivity index (χ4n) is 3.37. The number of ether oxygens (including phenoxy) is 2. The molecule has 0 atom stereocenters. The third-order valence-corrected chi connectivity index (χ3v) is 9.28. The smallest absolute Gasteiger partial charge is 0.294 e. The van der Waals surface area contributed by atoms with E-state index >= 15 is 0 Å². The van der Waals surface area contributed by atoms with E-state index in [2.05, 4.69) is 11.3 Å². The van der Waals surface area contributed by atoms with Gasteiger partial charge in [-0.3, -0.25) is 9.69 Å². The third kappa shape index (κ3) is 7.25. The topological polar surface area (TPSA) is 85.3 Å². The number of likely N-dealkylation sites (N-methyl/N-ethyl adjacent to an activating group) is 1. The zero-order chi connectivity index (χ0) is 25.4. The van der Waals surface area contributed by atoms with Crippen LogP contribution in [0.2, 0.25) is 4.34 Å². The van der Waals surface area contributed by atoms with E-state index in [1.807, 2.05) is 12.1 Å². The predicted molar refractivity (Wildman–Crippen MR) is 144 cm³/mol. The molecule has 7 nitrogen and oxygen atoms in total. The first-order chi connectivity index (χ1) is 16.8. The molecule has 0 N–H and O–H groups in total. The number of amides is 1. The zero-order valence-corrected chi connectivity index (χ0v) is 23.2. The van der Waals surface area contributed by atoms with E-state index in [0.29, 0.717) is 27.3 Å². The van der Waals surface area contributed by atoms with Crippen LogP contribution in [-0.4, -0.2) is 44.7 Å². The van der Waals surface area contributed by atoms with Gasteiger partial charge in [0, 0.05) is 6.54 Å². The number of amidine groups is 1. The van der Waals surface area contributed by atoms with Crippen molar-refractivity contribution >= 4 is 61.9 Å². The number of methoxy groups -OCH3 is 1. The van der Waals surface area contributed by atoms with Crippen LogP contribution >= 0.6 is 34.7 Å². The van der Waals surface area contributed by atoms with Gasteiger partial charge in [0.2, 0.25) is 0 Å². The monoisotopic (exact) mass is 556 g/mol. The number of halogens is 1. The van der Waals surface area contributed by atoms with Gasteiger partial charge in [-0.2, -0.15) is 8.42 Å². The summed E-state index contributed by atoms with van der Waals surface area (Å²) in [5.41, 5.74) is 0.743. The number of carbonyl (C=O) groups excluding carboxylic acids is 1. The lowest BCUT2D eigenvalue weighted by molar-refractivity contribution is -0.122. The van der Waals surface area contributed by atoms with Crippen LogP contribution in [0.3, 0.4) is 0 Å². The van der Waals surface area contributed by atoms with Crippen molar-refractivity contribution in [1.82, 2.24) is 4.90 Å². The number of thiophene rings is 1. The van der Waals surface area contributed by atoms with Crippen LogP contribution in [0.1, 0.15) is 51.5 Å². The Morgan fingerprint density at radius 1 is 1.09 bits per heavy atom. The minimum atomic E-state index is -3.98. The van der Waals surface area contributed by atoms with E-state index < -0.39 is 10.0 Å². The summed E-state index contributed by atoms with van der Waals surface area (Å²) >= 11 is 7.83. The van der Waals surface area contributed by atoms with Crippen molar-refractivity contribution in [1.29, 1.82) is 0 Å². The number of unbranched alkanes of at least 4 members (excludes halogenated alkanes) is 4. The molecule has 11 heteroatoms. The summed E-state index contributed by atoms with van der Waals surface area (Å²) in [6, 6.07) is 8.35. The molecule has 0 saturated carbocycles. The Bertz CT molecular complexity index is 1210. The Morgan fingerprint density at radius 3 is 2.51 bits per heavy atom. The van der Waals surface area contributed by atoms with Crippen LogP contribution in [0.4, 0.5) is 0 Å². The molecule has 0 spiro atoms. The number of hydrogen-bond donors (Lipinski definition) is 0. The quantitative estimate of drug-likeness (QED) is 0.221. The number of nitrogens with zero attached hydrogens (tertiary/aromatic N) is 2. The Kier molecular flexibility index (Phi) is 10.1. The van der Waals surface area contributed by atoms with Gasteiger partial charge >= 0.3 is 0 Å². The summed E-state index contributed by atoms with van der Waals surface area (Å²) in [4.78, 5) is 14.7. The maximum Gasteiger partial charge on any atom is 0.294 e. The van der Waals surface area contributed by atoms with E-state index in [4.69, 9.17) is 21.1 Å². The Labute approximate surface area is 220 Å². The first-order valence-corrected chi connectivity index (χ1v) is 14.9. The van der Waals surface area contributed by atoms with Crippen molar-refractivity contribution in [3.63, 3.8) is 0 Å². The first-order valence-electron chi connectivity index (χ1n) is 11.4. The van der Waals surface area contributed by atoms with Crippen molar-refractivity contribution in [3.05, 3.63) is 45.1 Å². The highest BCUT2D eigenvalue weighted by atomic mass is 35.5. The Balaban J connectivity index is 1.80. The van der Waals surface area contributed by atoms with Gasteiger partial charge in [0.1, 0.15) is 4.21 Å². The molecule has 1 aromatic heterocycles. The highest BCUT2D eigenvalue weighted by Gasteiger charge is 2.34. The van der Waals surface area contributed by atoms with Crippen molar-refractivity contribution in [2.75, 3.05) is 20.3 Å². The van der Waals surface area contributed by atoms with E-state index in [1.54, 1.807) is 26.2 Å². The average molecular weight is 557 g/mol. The molecule has 0 radical (unpaired) electrons. The van der Waals surface area contributed by atoms with Gasteiger partial charge < -0.3 is 9.47 Å². The minimum absolute atomic E-state index is 0.0307. The molecule has 1 amide bonds. The Hall–Kier alpha value is -2.01. The molecule has 1 fully saturated rings. The molecule has 1 aliphatic rings. The number of thioether (sulfide) groups is 1. The second-order valence-corrected chi connectivity index (χ2v) is 12.3. The lowest BCUT2D eigenvalue weighted by Gasteiger charge is -2.12. The predicted octanol–water partition coefficient (Wildman–Crippen LogP) is 6.44. The number of carbonyl (C=O) groups is 1. The van der Waals surface area contributed by atoms with E-state index in [0.717, 1.165) is 41.5 Å². The maximum atomic E-state index is 13.0. The lowest BCUT2D eigenvalue weighted by atomic mass is 10.1. The van der Waals surface area contributed by atoms with Crippen LogP contribution in [0.25, 0.3) is 6.08 Å². The van der Waals surface area contributed by atoms with Gasteiger partial charge in [-0.05, 0) is 61.0 Å². The molecule has 1 aliphatic heterocycles. The van der Waals surface area contributed by atoms with Crippen LogP contribution in [0.15, 0.2) is 43.8 Å². The number of benzene rings is 1. The minimum Gasteiger partial charge on any atom is -0.493 e. The second-order valence-electron chi connectivity index (χ2n) is 7.74. The van der Waals surface area contributed by atoms with Crippen LogP contribution in [0.5, 0.6) is 11.5 Å². The van der Waals surface area contributed by atoms with Crippen LogP contribution in [0, 0.1) is 0 Å². The van der Waals surface area contributed by atoms with Gasteiger partial charge in [0.25, 0.3) is 15.9 Å². The van der Waals surface area contributed by atoms with Crippen LogP contribution < -0.4 is 9.47 Å². The zero-order valence-electron chi connectivity index (χ0n) is 20.0. The average Bonchev–Trinajstić information content (AvgIpc) is 3.39. The molecule has 1 aromatic carbocycles. The van der Waals surface area contributed by atoms with Gasteiger partial charge in [-0.1, -0.05) is 50.3 Å². The summed E-state index contributed by atoms with van der Waals surface area (Å²) in [5.74, 6) is 0.917. The summed E-state index contributed by atoms with van der Waals surface area (Å²) in [6.07, 6.45) is 7.38. The Morgan fingerprint density at radius 2 is 1.86 bits per heavy atom. The molecular formula is C24H29ClN2O5S3. The number of hydrogen-bond acceptors (Lipinski definition) is 7. The van der Waals surface area contributed by atoms with Crippen molar-refractivity contribution in [2.45, 2.75) is 50.2 Å². The summed E-state index contributed by atoms with van der Waals surface area (Å²) in [7, 11) is -2.39. The van der Waals surface area contributed by atoms with Gasteiger partial charge in [0.05, 0.1) is 23.0 Å². The molecule has 0 unspecified atom stereocenters. The van der Waals surface area contributed by atoms with Gasteiger partial charge in [-0.15, -0.1) is 15.7 Å². The van der Waals surface area contributed by atoms with Crippen LogP contribution in [-0.2, 0) is 14.8 Å².